The first-order valence-corrected chi connectivity index (χ1v) is 52.4. The number of carboxylic acids is 4. The molecule has 139 heavy (non-hydrogen) atoms. The van der Waals surface area contributed by atoms with Crippen LogP contribution in [0.25, 0.3) is 0 Å². The van der Waals surface area contributed by atoms with Gasteiger partial charge in [-0.3, -0.25) is 0 Å². The summed E-state index contributed by atoms with van der Waals surface area (Å²) in [5.41, 5.74) is 23.9. The molecule has 0 bridgehead atoms. The van der Waals surface area contributed by atoms with Crippen LogP contribution in [0, 0.1) is 5.82 Å². The third-order valence-corrected chi connectivity index (χ3v) is 26.4. The molecule has 0 aliphatic carbocycles. The number of allylic oxidation sites excluding steroid dienone is 27. The van der Waals surface area contributed by atoms with E-state index in [9.17, 15) is 43.7 Å². The van der Waals surface area contributed by atoms with E-state index in [2.05, 4.69) is 243 Å². The Morgan fingerprint density at radius 3 is 0.741 bits per heavy atom. The first kappa shape index (κ1) is 139. The largest absolute Gasteiger partial charge is 0.478 e. The molecule has 0 atom stereocenters. The summed E-state index contributed by atoms with van der Waals surface area (Å²) in [6.45, 7) is 45.3. The Hall–Kier alpha value is -8.45. The number of carbonyl (C=O) groups excluding carboxylic acids is 1. The van der Waals surface area contributed by atoms with Crippen LogP contribution in [0.4, 0.5) is 4.39 Å². The van der Waals surface area contributed by atoms with Gasteiger partial charge >= 0.3 is 29.8 Å². The van der Waals surface area contributed by atoms with Crippen LogP contribution in [0.15, 0.2) is 314 Å². The topological polar surface area (TPSA) is 175 Å². The molecule has 10 nitrogen and oxygen atoms in total. The van der Waals surface area contributed by atoms with E-state index < -0.39 is 29.7 Å². The van der Waals surface area contributed by atoms with Crippen LogP contribution < -0.4 is 0 Å². The van der Waals surface area contributed by atoms with Crippen LogP contribution in [-0.2, 0) is 4.74 Å². The Labute approximate surface area is 875 Å². The fraction of sp³-hybridized carbons (Fsp3) is 0.446. The molecule has 772 valence electrons. The Balaban J connectivity index is -0.000000534. The molecule has 0 radical (unpaired) electrons. The lowest BCUT2D eigenvalue weighted by atomic mass is 10.0. The van der Waals surface area contributed by atoms with Crippen molar-refractivity contribution in [1.82, 2.24) is 0 Å². The van der Waals surface area contributed by atoms with Crippen molar-refractivity contribution < 1.29 is 53.5 Å². The monoisotopic (exact) mass is 2040 g/mol. The molecular formula is C121H177Cl2FO10S5. The second-order valence-corrected chi connectivity index (χ2v) is 41.3. The van der Waals surface area contributed by atoms with Crippen LogP contribution in [0.1, 0.15) is 376 Å². The van der Waals surface area contributed by atoms with E-state index in [0.29, 0.717) is 42.3 Å². The number of thioether (sulfide) groups is 5. The van der Waals surface area contributed by atoms with Gasteiger partial charge in [-0.2, -0.15) is 0 Å². The molecule has 5 aromatic carbocycles. The predicted molar refractivity (Wildman–Crippen MR) is 619 cm³/mol. The highest BCUT2D eigenvalue weighted by molar-refractivity contribution is 8.00. The predicted octanol–water partition coefficient (Wildman–Crippen LogP) is 40.9. The molecule has 18 heteroatoms. The average Bonchev–Trinajstić information content (AvgIpc) is 0.890. The van der Waals surface area contributed by atoms with E-state index in [-0.39, 0.29) is 54.2 Å². The number of aromatic carboxylic acids is 4. The van der Waals surface area contributed by atoms with Crippen molar-refractivity contribution in [3.05, 3.63) is 333 Å². The summed E-state index contributed by atoms with van der Waals surface area (Å²) in [6, 6.07) is 28.6. The van der Waals surface area contributed by atoms with Gasteiger partial charge in [0.05, 0.1) is 34.9 Å². The molecule has 0 fully saturated rings. The molecular weight excluding hydrogens is 1860 g/mol. The number of halogens is 3. The highest BCUT2D eigenvalue weighted by atomic mass is 35.5. The SMILES string of the molecule is C.C.C.C.C.CC(C)=CCC/C(C)=C/CC/C(C)=C/CC/C(C)=C/CSc1ccccc1C(=O)O.CC(C)=CCC/C(C)=C/CC/C(C)=C/CSc1cc(Cl)ccc1C(=O)O.CC(C)=CCC/C(C)=C/CC/C(C)=C/CSc1ccc(Cl)cc1C(=O)O.CC(C)=CCC/C(C)=C/CC/C(C)=C/CSc1ccc(F)cc1C(=O)O.COC(=O)c1ccccc1SC/C=C(\C)CC/C=C(\C)CCC=C(C)C. The lowest BCUT2D eigenvalue weighted by Gasteiger charge is -2.06. The number of methoxy groups -OCH3 is 1. The molecule has 0 heterocycles. The summed E-state index contributed by atoms with van der Waals surface area (Å²) in [6.07, 6.45) is 60.4. The minimum atomic E-state index is -1.10. The molecule has 0 spiro atoms. The number of esters is 1. The second kappa shape index (κ2) is 84.1. The van der Waals surface area contributed by atoms with Crippen molar-refractivity contribution in [3.8, 4) is 0 Å². The van der Waals surface area contributed by atoms with Crippen molar-refractivity contribution in [2.45, 2.75) is 348 Å². The molecule has 0 saturated heterocycles. The quantitative estimate of drug-likeness (QED) is 0.0164. The highest BCUT2D eigenvalue weighted by Crippen LogP contribution is 2.32. The summed E-state index contributed by atoms with van der Waals surface area (Å²) >= 11 is 19.6. The Bertz CT molecular complexity index is 4870. The van der Waals surface area contributed by atoms with Crippen molar-refractivity contribution in [2.75, 3.05) is 35.9 Å². The van der Waals surface area contributed by atoms with E-state index in [1.54, 1.807) is 66.0 Å². The standard InChI is InChI=1S/C27H38O2S.C23H32O2S.2C22H29ClO2S.C22H29FO2S.5CH4/c1-21(2)11-8-12-22(3)13-9-14-23(4)15-10-16-24(5)19-20-30-26-18-7-6-17-25(26)27(28)29;1-18(2)10-8-11-19(3)12-9-13-20(4)16-17-26-22-15-7-6-14-21(22)23(24)25-5;1-16(2)7-5-8-17(3)9-6-10-18(4)13-14-26-21-12-11-19(23)15-20(21)22(24)25;1-16(2)7-5-8-17(3)9-6-10-18(4)13-14-26-21-15-19(23)11-12-20(21)22(24)25;1-16(2)7-5-8-17(3)9-6-10-18(4)13-14-26-21-12-11-19(23)15-20(21)22(24)25;;;;;/h6-7,11,13,15,17-19H,8-10,12,14,16,20H2,1-5H3,(H,28,29);6-7,10,12,14-16H,8-9,11,13,17H2,1-5H3;3*7,9,11-13,15H,5-6,8,10,14H2,1-4H3,(H,24,25);5*1H4/b22-13+,23-15+,24-19+;19-12+,20-16+;3*17-9+,18-13+;;;;;. The van der Waals surface area contributed by atoms with Crippen LogP contribution in [-0.4, -0.2) is 86.1 Å². The van der Waals surface area contributed by atoms with Crippen LogP contribution in [0.5, 0.6) is 0 Å². The van der Waals surface area contributed by atoms with E-state index >= 15 is 0 Å². The third-order valence-electron chi connectivity index (χ3n) is 20.9. The van der Waals surface area contributed by atoms with Gasteiger partial charge in [0.1, 0.15) is 5.82 Å². The number of ether oxygens (including phenoxy) is 1. The number of carboxylic acid groups (broad SMARTS) is 4. The van der Waals surface area contributed by atoms with Crippen molar-refractivity contribution in [1.29, 1.82) is 0 Å². The number of benzene rings is 5. The molecule has 0 amide bonds. The van der Waals surface area contributed by atoms with Gasteiger partial charge in [0, 0.05) is 63.3 Å². The summed E-state index contributed by atoms with van der Waals surface area (Å²) in [5.74, 6) is -0.763. The number of hydrogen-bond acceptors (Lipinski definition) is 11. The Kier molecular flexibility index (Phi) is 84.1. The lowest BCUT2D eigenvalue weighted by molar-refractivity contribution is 0.0594. The minimum Gasteiger partial charge on any atom is -0.478 e. The van der Waals surface area contributed by atoms with E-state index in [1.165, 1.54) is 150 Å². The van der Waals surface area contributed by atoms with Crippen LogP contribution in [0.3, 0.4) is 0 Å². The van der Waals surface area contributed by atoms with E-state index in [0.717, 1.165) is 185 Å². The first-order valence-electron chi connectivity index (χ1n) is 46.7. The van der Waals surface area contributed by atoms with Crippen LogP contribution in [0.2, 0.25) is 10.0 Å². The number of hydrogen-bond donors (Lipinski definition) is 4. The molecule has 0 aliphatic heterocycles. The average molecular weight is 2040 g/mol. The second-order valence-electron chi connectivity index (χ2n) is 35.1. The zero-order valence-electron chi connectivity index (χ0n) is 84.6. The third kappa shape index (κ3) is 72.5. The maximum absolute atomic E-state index is 13.2. The molecule has 0 saturated carbocycles. The van der Waals surface area contributed by atoms with Gasteiger partial charge in [-0.15, -0.1) is 58.8 Å². The fourth-order valence-corrected chi connectivity index (χ4v) is 18.3. The maximum atomic E-state index is 13.2. The zero-order valence-corrected chi connectivity index (χ0v) is 90.2. The first-order chi connectivity index (χ1) is 63.6. The zero-order chi connectivity index (χ0) is 100. The van der Waals surface area contributed by atoms with Crippen molar-refractivity contribution >= 4 is 112 Å². The van der Waals surface area contributed by atoms with Gasteiger partial charge in [-0.25, -0.2) is 28.4 Å². The highest BCUT2D eigenvalue weighted by Gasteiger charge is 2.16. The summed E-state index contributed by atoms with van der Waals surface area (Å²) in [4.78, 5) is 60.7. The molecule has 5 rings (SSSR count). The van der Waals surface area contributed by atoms with Crippen molar-refractivity contribution in [3.63, 3.8) is 0 Å². The normalized spacial score (nSPS) is 11.8. The summed E-state index contributed by atoms with van der Waals surface area (Å²) in [7, 11) is 1.42. The summed E-state index contributed by atoms with van der Waals surface area (Å²) < 4.78 is 18.0. The molecule has 0 aliphatic rings. The van der Waals surface area contributed by atoms with Gasteiger partial charge in [0.15, 0.2) is 0 Å². The Morgan fingerprint density at radius 2 is 0.468 bits per heavy atom. The lowest BCUT2D eigenvalue weighted by Crippen LogP contribution is -2.02. The smallest absolute Gasteiger partial charge is 0.338 e. The van der Waals surface area contributed by atoms with E-state index in [1.807, 2.05) is 36.4 Å². The maximum Gasteiger partial charge on any atom is 0.338 e. The summed E-state index contributed by atoms with van der Waals surface area (Å²) in [5, 5.41) is 37.9. The molecule has 0 unspecified atom stereocenters. The molecule has 4 N–H and O–H groups in total. The van der Waals surface area contributed by atoms with Crippen molar-refractivity contribution in [2.24, 2.45) is 0 Å². The van der Waals surface area contributed by atoms with Gasteiger partial charge in [-0.1, -0.05) is 271 Å². The Morgan fingerprint density at radius 1 is 0.259 bits per heavy atom. The van der Waals surface area contributed by atoms with Crippen LogP contribution >= 0.6 is 82.0 Å². The van der Waals surface area contributed by atoms with Gasteiger partial charge in [-0.05, 0) is 366 Å². The number of carbonyl (C=O) groups is 5. The van der Waals surface area contributed by atoms with E-state index in [4.69, 9.17) is 33.0 Å². The van der Waals surface area contributed by atoms with Gasteiger partial charge in [0.2, 0.25) is 0 Å². The van der Waals surface area contributed by atoms with Gasteiger partial charge < -0.3 is 25.2 Å². The molecule has 0 aromatic heterocycles. The fourth-order valence-electron chi connectivity index (χ4n) is 12.7. The minimum absolute atomic E-state index is 0. The number of rotatable bonds is 53. The van der Waals surface area contributed by atoms with Gasteiger partial charge in [0.25, 0.3) is 0 Å². The molecule has 5 aromatic rings.